The van der Waals surface area contributed by atoms with Gasteiger partial charge in [0.15, 0.2) is 0 Å². The lowest BCUT2D eigenvalue weighted by atomic mass is 9.99. The molecule has 0 spiro atoms. The Kier molecular flexibility index (Phi) is 5.22. The quantitative estimate of drug-likeness (QED) is 0.612. The Morgan fingerprint density at radius 1 is 1.15 bits per heavy atom. The van der Waals surface area contributed by atoms with Crippen molar-refractivity contribution in [3.05, 3.63) is 39.4 Å². The van der Waals surface area contributed by atoms with E-state index < -0.39 is 16.1 Å². The number of hydrogen-bond donors (Lipinski definition) is 2. The van der Waals surface area contributed by atoms with Crippen LogP contribution in [0, 0.1) is 0 Å². The number of nitrogens with zero attached hydrogens (tertiary/aromatic N) is 2. The van der Waals surface area contributed by atoms with Crippen molar-refractivity contribution in [1.82, 2.24) is 4.72 Å². The van der Waals surface area contributed by atoms with Crippen molar-refractivity contribution in [2.75, 3.05) is 5.32 Å². The number of amides is 2. The molecular weight excluding hydrogens is 352 g/mol. The highest BCUT2D eigenvalue weighted by Crippen LogP contribution is 2.38. The summed E-state index contributed by atoms with van der Waals surface area (Å²) in [6, 6.07) is 1.50. The summed E-state index contributed by atoms with van der Waals surface area (Å²) in [7, 11) is -3.96. The normalized spacial score (nSPS) is 16.4. The molecule has 0 heterocycles. The molecule has 0 atom stereocenters. The second-order valence-corrected chi connectivity index (χ2v) is 8.34. The van der Waals surface area contributed by atoms with Crippen LogP contribution in [0.1, 0.15) is 42.0 Å². The van der Waals surface area contributed by atoms with Gasteiger partial charge in [-0.15, -0.1) is 0 Å². The number of benzene rings is 1. The number of anilines is 1. The first kappa shape index (κ1) is 18.3. The topological polar surface area (TPSA) is 100.0 Å². The van der Waals surface area contributed by atoms with E-state index in [0.29, 0.717) is 0 Å². The van der Waals surface area contributed by atoms with Crippen molar-refractivity contribution < 1.29 is 13.2 Å². The number of carbonyl (C=O) groups is 1. The van der Waals surface area contributed by atoms with Crippen LogP contribution in [0.3, 0.4) is 0 Å². The molecule has 2 amide bonds. The lowest BCUT2D eigenvalue weighted by Crippen LogP contribution is -2.35. The fourth-order valence-corrected chi connectivity index (χ4v) is 4.22. The molecule has 0 saturated carbocycles. The number of nitrogens with one attached hydrogen (secondary N) is 2. The molecule has 7 nitrogen and oxygen atoms in total. The van der Waals surface area contributed by atoms with E-state index in [2.05, 4.69) is 28.1 Å². The predicted octanol–water partition coefficient (Wildman–Crippen LogP) is 2.71. The van der Waals surface area contributed by atoms with Crippen molar-refractivity contribution in [3.8, 4) is 0 Å². The number of sulfonamides is 1. The van der Waals surface area contributed by atoms with Crippen LogP contribution in [0.4, 0.5) is 10.5 Å². The summed E-state index contributed by atoms with van der Waals surface area (Å²) in [5.41, 5.74) is 5.63. The Labute approximate surface area is 153 Å². The Hall–Kier alpha value is -2.48. The van der Waals surface area contributed by atoms with E-state index >= 15 is 0 Å². The van der Waals surface area contributed by atoms with E-state index in [4.69, 9.17) is 0 Å². The number of aryl methyl sites for hydroxylation is 2. The maximum atomic E-state index is 12.4. The van der Waals surface area contributed by atoms with Crippen molar-refractivity contribution in [2.24, 2.45) is 9.98 Å². The SMILES string of the molecule is C=NC=N/C=C(\C)S(=O)(=O)NC(=O)Nc1c2c(cc3c1CCC3)CCC2. The maximum Gasteiger partial charge on any atom is 0.333 e. The van der Waals surface area contributed by atoms with Crippen LogP contribution >= 0.6 is 0 Å². The first-order chi connectivity index (χ1) is 12.4. The van der Waals surface area contributed by atoms with Gasteiger partial charge >= 0.3 is 6.03 Å². The molecular formula is C18H22N4O3S. The van der Waals surface area contributed by atoms with Crippen LogP contribution in [0.5, 0.6) is 0 Å². The lowest BCUT2D eigenvalue weighted by Gasteiger charge is -2.16. The van der Waals surface area contributed by atoms with E-state index in [0.717, 1.165) is 67.9 Å². The number of rotatable bonds is 5. The largest absolute Gasteiger partial charge is 0.333 e. The van der Waals surface area contributed by atoms with Crippen molar-refractivity contribution in [2.45, 2.75) is 45.4 Å². The number of hydrogen-bond acceptors (Lipinski definition) is 4. The summed E-state index contributed by atoms with van der Waals surface area (Å²) < 4.78 is 26.5. The van der Waals surface area contributed by atoms with Crippen LogP contribution in [0.25, 0.3) is 0 Å². The zero-order chi connectivity index (χ0) is 18.7. The highest BCUT2D eigenvalue weighted by molar-refractivity contribution is 7.93. The van der Waals surface area contributed by atoms with Gasteiger partial charge in [-0.25, -0.2) is 22.9 Å². The highest BCUT2D eigenvalue weighted by atomic mass is 32.2. The number of allylic oxidation sites excluding steroid dienone is 1. The van der Waals surface area contributed by atoms with Gasteiger partial charge in [-0.05, 0) is 74.4 Å². The van der Waals surface area contributed by atoms with Gasteiger partial charge in [-0.2, -0.15) is 0 Å². The van der Waals surface area contributed by atoms with Crippen LogP contribution in [-0.4, -0.2) is 27.5 Å². The summed E-state index contributed by atoms with van der Waals surface area (Å²) in [5, 5.41) is 2.80. The van der Waals surface area contributed by atoms with E-state index in [9.17, 15) is 13.2 Å². The molecule has 0 unspecified atom stereocenters. The lowest BCUT2D eigenvalue weighted by molar-refractivity contribution is 0.256. The van der Waals surface area contributed by atoms with Crippen molar-refractivity contribution in [3.63, 3.8) is 0 Å². The minimum absolute atomic E-state index is 0.0870. The minimum Gasteiger partial charge on any atom is -0.307 e. The van der Waals surface area contributed by atoms with E-state index in [1.807, 2.05) is 4.72 Å². The van der Waals surface area contributed by atoms with Crippen LogP contribution < -0.4 is 10.0 Å². The Balaban J connectivity index is 1.80. The first-order valence-corrected chi connectivity index (χ1v) is 10.0. The minimum atomic E-state index is -3.96. The summed E-state index contributed by atoms with van der Waals surface area (Å²) in [5.74, 6) is 0. The first-order valence-electron chi connectivity index (χ1n) is 8.57. The number of aliphatic imine (C=N–C) groups is 2. The standard InChI is InChI=1S/C18H22N4O3S/c1-12(10-20-11-19-2)26(24,25)22-18(23)21-17-15-7-3-5-13(15)9-14-6-4-8-16(14)17/h9-11H,2-8H2,1H3,(H2,21,22,23)/b12-10+,20-11?. The van der Waals surface area contributed by atoms with Crippen molar-refractivity contribution >= 4 is 34.8 Å². The Morgan fingerprint density at radius 2 is 1.77 bits per heavy atom. The monoisotopic (exact) mass is 374 g/mol. The number of fused-ring (bicyclic) bond motifs is 2. The second kappa shape index (κ2) is 7.41. The molecule has 2 aliphatic carbocycles. The zero-order valence-electron chi connectivity index (χ0n) is 14.7. The molecule has 0 saturated heterocycles. The molecule has 0 radical (unpaired) electrons. The zero-order valence-corrected chi connectivity index (χ0v) is 15.5. The summed E-state index contributed by atoms with van der Waals surface area (Å²) in [6.45, 7) is 4.57. The van der Waals surface area contributed by atoms with Gasteiger partial charge in [0, 0.05) is 11.9 Å². The molecule has 138 valence electrons. The van der Waals surface area contributed by atoms with Crippen LogP contribution in [-0.2, 0) is 35.7 Å². The third kappa shape index (κ3) is 3.70. The Morgan fingerprint density at radius 3 is 2.35 bits per heavy atom. The third-order valence-electron chi connectivity index (χ3n) is 4.77. The molecule has 0 fully saturated rings. The van der Waals surface area contributed by atoms with Gasteiger partial charge in [-0.3, -0.25) is 4.99 Å². The maximum absolute atomic E-state index is 12.4. The van der Waals surface area contributed by atoms with Crippen molar-refractivity contribution in [1.29, 1.82) is 0 Å². The number of urea groups is 1. The van der Waals surface area contributed by atoms with Crippen LogP contribution in [0.15, 0.2) is 27.2 Å². The average molecular weight is 374 g/mol. The molecule has 2 aliphatic rings. The van der Waals surface area contributed by atoms with Gasteiger partial charge in [0.2, 0.25) is 0 Å². The van der Waals surface area contributed by atoms with Crippen LogP contribution in [0.2, 0.25) is 0 Å². The summed E-state index contributed by atoms with van der Waals surface area (Å²) in [4.78, 5) is 19.3. The van der Waals surface area contributed by atoms with Gasteiger partial charge in [0.05, 0.1) is 4.91 Å². The van der Waals surface area contributed by atoms with E-state index in [-0.39, 0.29) is 4.91 Å². The average Bonchev–Trinajstić information content (AvgIpc) is 3.23. The predicted molar refractivity (Wildman–Crippen MR) is 103 cm³/mol. The molecule has 1 aromatic rings. The summed E-state index contributed by atoms with van der Waals surface area (Å²) in [6.07, 6.45) is 8.19. The highest BCUT2D eigenvalue weighted by Gasteiger charge is 2.26. The Bertz CT molecular complexity index is 885. The second-order valence-electron chi connectivity index (χ2n) is 6.48. The number of carbonyl (C=O) groups excluding carboxylic acids is 1. The molecule has 1 aromatic carbocycles. The third-order valence-corrected chi connectivity index (χ3v) is 6.17. The molecule has 0 aromatic heterocycles. The molecule has 8 heteroatoms. The molecule has 0 bridgehead atoms. The smallest absolute Gasteiger partial charge is 0.307 e. The van der Waals surface area contributed by atoms with Gasteiger partial charge in [-0.1, -0.05) is 6.07 Å². The molecule has 3 rings (SSSR count). The van der Waals surface area contributed by atoms with Gasteiger partial charge in [0.25, 0.3) is 10.0 Å². The molecule has 26 heavy (non-hydrogen) atoms. The molecule has 0 aliphatic heterocycles. The van der Waals surface area contributed by atoms with Gasteiger partial charge in [0.1, 0.15) is 6.34 Å². The summed E-state index contributed by atoms with van der Waals surface area (Å²) >= 11 is 0. The molecule has 2 N–H and O–H groups in total. The van der Waals surface area contributed by atoms with E-state index in [1.54, 1.807) is 0 Å². The van der Waals surface area contributed by atoms with Gasteiger partial charge < -0.3 is 5.32 Å². The fraction of sp³-hybridized carbons (Fsp3) is 0.389. The van der Waals surface area contributed by atoms with E-state index in [1.165, 1.54) is 18.1 Å². The fourth-order valence-electron chi connectivity index (χ4n) is 3.56.